The predicted molar refractivity (Wildman–Crippen MR) is 71.6 cm³/mol. The minimum atomic E-state index is -0.753. The molecule has 1 aromatic carbocycles. The number of anilines is 1. The minimum Gasteiger partial charge on any atom is -0.490 e. The molecule has 1 aliphatic carbocycles. The number of ether oxygens (including phenoxy) is 1. The maximum absolute atomic E-state index is 11.1. The minimum absolute atomic E-state index is 0.0911. The second kappa shape index (κ2) is 5.44. The van der Waals surface area contributed by atoms with E-state index in [-0.39, 0.29) is 11.4 Å². The number of para-hydroxylation sites is 1. The molecule has 1 aromatic rings. The van der Waals surface area contributed by atoms with Gasteiger partial charge < -0.3 is 15.2 Å². The normalized spacial score (nSPS) is 17.2. The van der Waals surface area contributed by atoms with Gasteiger partial charge in [-0.3, -0.25) is 10.1 Å². The molecule has 0 amide bonds. The van der Waals surface area contributed by atoms with Crippen molar-refractivity contribution in [3.8, 4) is 5.75 Å². The molecule has 0 aliphatic heterocycles. The third-order valence-corrected chi connectivity index (χ3v) is 3.54. The zero-order chi connectivity index (χ0) is 13.9. The van der Waals surface area contributed by atoms with Gasteiger partial charge in [-0.25, -0.2) is 0 Å². The van der Waals surface area contributed by atoms with E-state index in [4.69, 9.17) is 4.74 Å². The average molecular weight is 266 g/mol. The van der Waals surface area contributed by atoms with E-state index in [1.165, 1.54) is 7.11 Å². The van der Waals surface area contributed by atoms with Crippen molar-refractivity contribution in [2.45, 2.75) is 31.3 Å². The molecule has 0 saturated heterocycles. The number of rotatable bonds is 5. The number of nitrogens with zero attached hydrogens (tertiary/aromatic N) is 1. The quantitative estimate of drug-likeness (QED) is 0.631. The Morgan fingerprint density at radius 1 is 1.47 bits per heavy atom. The number of methoxy groups -OCH3 is 1. The lowest BCUT2D eigenvalue weighted by Gasteiger charge is -2.23. The van der Waals surface area contributed by atoms with Crippen LogP contribution in [0.3, 0.4) is 0 Å². The van der Waals surface area contributed by atoms with Crippen molar-refractivity contribution < 1.29 is 14.8 Å². The smallest absolute Gasteiger partial charge is 0.333 e. The largest absolute Gasteiger partial charge is 0.490 e. The molecule has 0 bridgehead atoms. The van der Waals surface area contributed by atoms with Crippen molar-refractivity contribution >= 4 is 11.4 Å². The molecular weight excluding hydrogens is 248 g/mol. The van der Waals surface area contributed by atoms with Crippen LogP contribution in [0.5, 0.6) is 5.75 Å². The summed E-state index contributed by atoms with van der Waals surface area (Å²) in [5, 5.41) is 24.3. The Bertz CT molecular complexity index is 470. The Morgan fingerprint density at radius 2 is 2.16 bits per heavy atom. The molecule has 2 N–H and O–H groups in total. The monoisotopic (exact) mass is 266 g/mol. The Morgan fingerprint density at radius 3 is 2.74 bits per heavy atom. The first kappa shape index (κ1) is 13.6. The maximum Gasteiger partial charge on any atom is 0.333 e. The SMILES string of the molecule is COc1cccc(NCC2(O)CCCC2)c1[N+](=O)[O-]. The van der Waals surface area contributed by atoms with Crippen molar-refractivity contribution in [3.63, 3.8) is 0 Å². The van der Waals surface area contributed by atoms with E-state index in [1.807, 2.05) is 0 Å². The van der Waals surface area contributed by atoms with E-state index in [0.29, 0.717) is 12.2 Å². The van der Waals surface area contributed by atoms with Crippen molar-refractivity contribution in [3.05, 3.63) is 28.3 Å². The lowest BCUT2D eigenvalue weighted by Crippen LogP contribution is -2.33. The highest BCUT2D eigenvalue weighted by atomic mass is 16.6. The lowest BCUT2D eigenvalue weighted by molar-refractivity contribution is -0.384. The third-order valence-electron chi connectivity index (χ3n) is 3.54. The first-order valence-corrected chi connectivity index (χ1v) is 6.33. The molecule has 6 nitrogen and oxygen atoms in total. The Labute approximate surface area is 111 Å². The Balaban J connectivity index is 2.17. The highest BCUT2D eigenvalue weighted by Gasteiger charge is 2.31. The number of nitro benzene ring substituents is 1. The summed E-state index contributed by atoms with van der Waals surface area (Å²) < 4.78 is 5.00. The topological polar surface area (TPSA) is 84.6 Å². The number of hydrogen-bond donors (Lipinski definition) is 2. The van der Waals surface area contributed by atoms with Crippen molar-refractivity contribution in [2.24, 2.45) is 0 Å². The van der Waals surface area contributed by atoms with Gasteiger partial charge in [-0.15, -0.1) is 0 Å². The second-order valence-electron chi connectivity index (χ2n) is 4.90. The van der Waals surface area contributed by atoms with Crippen molar-refractivity contribution in [1.29, 1.82) is 0 Å². The zero-order valence-electron chi connectivity index (χ0n) is 10.9. The number of nitrogens with one attached hydrogen (secondary N) is 1. The molecule has 0 unspecified atom stereocenters. The molecule has 104 valence electrons. The second-order valence-corrected chi connectivity index (χ2v) is 4.90. The van der Waals surface area contributed by atoms with Crippen LogP contribution in [0.4, 0.5) is 11.4 Å². The van der Waals surface area contributed by atoms with Gasteiger partial charge in [0.2, 0.25) is 0 Å². The van der Waals surface area contributed by atoms with Crippen molar-refractivity contribution in [2.75, 3.05) is 19.0 Å². The molecule has 6 heteroatoms. The molecule has 1 aliphatic rings. The van der Waals surface area contributed by atoms with Crippen molar-refractivity contribution in [1.82, 2.24) is 0 Å². The lowest BCUT2D eigenvalue weighted by atomic mass is 10.0. The van der Waals surface area contributed by atoms with Gasteiger partial charge in [0.15, 0.2) is 5.75 Å². The fourth-order valence-corrected chi connectivity index (χ4v) is 2.49. The van der Waals surface area contributed by atoms with Crippen LogP contribution in [0, 0.1) is 10.1 Å². The molecule has 0 atom stereocenters. The average Bonchev–Trinajstić information content (AvgIpc) is 2.83. The summed E-state index contributed by atoms with van der Waals surface area (Å²) in [6.07, 6.45) is 3.46. The fourth-order valence-electron chi connectivity index (χ4n) is 2.49. The summed E-state index contributed by atoms with van der Waals surface area (Å²) in [5.74, 6) is 0.216. The van der Waals surface area contributed by atoms with Crippen LogP contribution in [-0.4, -0.2) is 29.3 Å². The third kappa shape index (κ3) is 2.96. The van der Waals surface area contributed by atoms with Gasteiger partial charge in [-0.1, -0.05) is 18.9 Å². The molecule has 0 radical (unpaired) electrons. The van der Waals surface area contributed by atoms with E-state index >= 15 is 0 Å². The maximum atomic E-state index is 11.1. The van der Waals surface area contributed by atoms with Gasteiger partial charge in [0.05, 0.1) is 17.6 Å². The van der Waals surface area contributed by atoms with E-state index in [9.17, 15) is 15.2 Å². The standard InChI is InChI=1S/C13H18N2O4/c1-19-11-6-4-5-10(12(11)15(17)18)14-9-13(16)7-2-3-8-13/h4-6,14,16H,2-3,7-9H2,1H3. The summed E-state index contributed by atoms with van der Waals surface area (Å²) in [4.78, 5) is 10.6. The number of hydrogen-bond acceptors (Lipinski definition) is 5. The van der Waals surface area contributed by atoms with E-state index in [1.54, 1.807) is 18.2 Å². The van der Waals surface area contributed by atoms with Crippen LogP contribution in [0.1, 0.15) is 25.7 Å². The number of benzene rings is 1. The van der Waals surface area contributed by atoms with Crippen LogP contribution in [0.2, 0.25) is 0 Å². The molecule has 0 spiro atoms. The Kier molecular flexibility index (Phi) is 3.90. The van der Waals surface area contributed by atoms with E-state index < -0.39 is 10.5 Å². The van der Waals surface area contributed by atoms with E-state index in [2.05, 4.69) is 5.32 Å². The van der Waals surface area contributed by atoms with Gasteiger partial charge in [-0.2, -0.15) is 0 Å². The molecule has 0 heterocycles. The van der Waals surface area contributed by atoms with Gasteiger partial charge in [0.1, 0.15) is 5.69 Å². The molecular formula is C13H18N2O4. The summed E-state index contributed by atoms with van der Waals surface area (Å²) in [6, 6.07) is 4.86. The predicted octanol–water partition coefficient (Wildman–Crippen LogP) is 2.32. The number of aliphatic hydroxyl groups is 1. The van der Waals surface area contributed by atoms with Gasteiger partial charge in [0.25, 0.3) is 0 Å². The van der Waals surface area contributed by atoms with Crippen LogP contribution >= 0.6 is 0 Å². The van der Waals surface area contributed by atoms with Gasteiger partial charge in [-0.05, 0) is 25.0 Å². The van der Waals surface area contributed by atoms with Crippen LogP contribution < -0.4 is 10.1 Å². The van der Waals surface area contributed by atoms with Crippen LogP contribution in [0.15, 0.2) is 18.2 Å². The molecule has 1 fully saturated rings. The first-order chi connectivity index (χ1) is 9.06. The first-order valence-electron chi connectivity index (χ1n) is 6.33. The summed E-state index contributed by atoms with van der Waals surface area (Å²) in [5.41, 5.74) is -0.465. The summed E-state index contributed by atoms with van der Waals surface area (Å²) in [6.45, 7) is 0.320. The number of nitro groups is 1. The molecule has 1 saturated carbocycles. The van der Waals surface area contributed by atoms with Crippen LogP contribution in [-0.2, 0) is 0 Å². The van der Waals surface area contributed by atoms with Crippen LogP contribution in [0.25, 0.3) is 0 Å². The fraction of sp³-hybridized carbons (Fsp3) is 0.538. The molecule has 2 rings (SSSR count). The molecule has 19 heavy (non-hydrogen) atoms. The zero-order valence-corrected chi connectivity index (χ0v) is 10.9. The van der Waals surface area contributed by atoms with Gasteiger partial charge in [0, 0.05) is 6.54 Å². The highest BCUT2D eigenvalue weighted by molar-refractivity contribution is 5.68. The highest BCUT2D eigenvalue weighted by Crippen LogP contribution is 2.36. The van der Waals surface area contributed by atoms with E-state index in [0.717, 1.165) is 25.7 Å². The Hall–Kier alpha value is -1.82. The van der Waals surface area contributed by atoms with Gasteiger partial charge >= 0.3 is 5.69 Å². The molecule has 0 aromatic heterocycles. The summed E-state index contributed by atoms with van der Waals surface area (Å²) in [7, 11) is 1.40. The summed E-state index contributed by atoms with van der Waals surface area (Å²) >= 11 is 0.